The number of H-pyrrole nitrogens is 1. The number of carbonyl (C=O) groups excluding carboxylic acids is 2. The Morgan fingerprint density at radius 1 is 1.28 bits per heavy atom. The molecule has 0 radical (unpaired) electrons. The van der Waals surface area contributed by atoms with Crippen molar-refractivity contribution in [3.63, 3.8) is 0 Å². The minimum Gasteiger partial charge on any atom is -0.465 e. The van der Waals surface area contributed by atoms with Gasteiger partial charge in [-0.15, -0.1) is 0 Å². The van der Waals surface area contributed by atoms with Crippen LogP contribution in [0.25, 0.3) is 0 Å². The van der Waals surface area contributed by atoms with E-state index in [0.717, 1.165) is 6.20 Å². The standard InChI is InChI=1S/C16H14F3N3O3/c17-16(18,19)14-9(8-20-22-14)5-6-25-13(23)7-11-10-3-1-2-4-12(10)21-15(11)24/h1-4,8,11H,5-7H2,(H,20,22)(H,21,24). The molecule has 1 amide bonds. The number of aromatic amines is 1. The van der Waals surface area contributed by atoms with Crippen molar-refractivity contribution in [2.45, 2.75) is 24.9 Å². The fraction of sp³-hybridized carbons (Fsp3) is 0.312. The Hall–Kier alpha value is -2.84. The number of rotatable bonds is 5. The van der Waals surface area contributed by atoms with Crippen LogP contribution in [-0.2, 0) is 26.9 Å². The lowest BCUT2D eigenvalue weighted by Crippen LogP contribution is -2.18. The lowest BCUT2D eigenvalue weighted by molar-refractivity contribution is -0.145. The molecule has 3 rings (SSSR count). The molecular weight excluding hydrogens is 339 g/mol. The molecule has 0 saturated heterocycles. The van der Waals surface area contributed by atoms with Crippen LogP contribution in [0.3, 0.4) is 0 Å². The van der Waals surface area contributed by atoms with Crippen molar-refractivity contribution in [1.82, 2.24) is 10.2 Å². The van der Waals surface area contributed by atoms with E-state index in [1.807, 2.05) is 5.10 Å². The summed E-state index contributed by atoms with van der Waals surface area (Å²) in [7, 11) is 0. The van der Waals surface area contributed by atoms with Gasteiger partial charge < -0.3 is 10.1 Å². The molecular formula is C16H14F3N3O3. The molecule has 6 nitrogen and oxygen atoms in total. The van der Waals surface area contributed by atoms with E-state index in [0.29, 0.717) is 11.3 Å². The van der Waals surface area contributed by atoms with Crippen molar-refractivity contribution in [3.05, 3.63) is 47.3 Å². The summed E-state index contributed by atoms with van der Waals surface area (Å²) in [5, 5.41) is 7.93. The number of esters is 1. The lowest BCUT2D eigenvalue weighted by Gasteiger charge is -2.10. The van der Waals surface area contributed by atoms with Gasteiger partial charge in [-0.25, -0.2) is 0 Å². The number of amides is 1. The molecule has 1 aliphatic rings. The van der Waals surface area contributed by atoms with Crippen molar-refractivity contribution < 1.29 is 27.5 Å². The average molecular weight is 353 g/mol. The molecule has 1 atom stereocenters. The third-order valence-corrected chi connectivity index (χ3v) is 3.92. The maximum atomic E-state index is 12.7. The van der Waals surface area contributed by atoms with Crippen LogP contribution in [0.4, 0.5) is 18.9 Å². The van der Waals surface area contributed by atoms with E-state index in [9.17, 15) is 22.8 Å². The number of anilines is 1. The van der Waals surface area contributed by atoms with E-state index in [4.69, 9.17) is 4.74 Å². The maximum absolute atomic E-state index is 12.7. The van der Waals surface area contributed by atoms with Gasteiger partial charge >= 0.3 is 12.1 Å². The number of nitrogens with one attached hydrogen (secondary N) is 2. The zero-order valence-corrected chi connectivity index (χ0v) is 12.9. The number of carbonyl (C=O) groups is 2. The summed E-state index contributed by atoms with van der Waals surface area (Å²) in [5.41, 5.74) is 0.328. The first-order chi connectivity index (χ1) is 11.9. The molecule has 0 saturated carbocycles. The van der Waals surface area contributed by atoms with E-state index in [2.05, 4.69) is 10.4 Å². The SMILES string of the molecule is O=C(CC1C(=O)Nc2ccccc21)OCCc1cn[nH]c1C(F)(F)F. The van der Waals surface area contributed by atoms with E-state index >= 15 is 0 Å². The highest BCUT2D eigenvalue weighted by atomic mass is 19.4. The molecule has 2 aromatic rings. The molecule has 132 valence electrons. The van der Waals surface area contributed by atoms with Crippen LogP contribution < -0.4 is 5.32 Å². The topological polar surface area (TPSA) is 84.1 Å². The van der Waals surface area contributed by atoms with E-state index in [1.54, 1.807) is 24.3 Å². The molecule has 2 heterocycles. The number of benzene rings is 1. The highest BCUT2D eigenvalue weighted by molar-refractivity contribution is 6.04. The third kappa shape index (κ3) is 3.65. The minimum atomic E-state index is -4.54. The van der Waals surface area contributed by atoms with Crippen molar-refractivity contribution in [2.24, 2.45) is 0 Å². The summed E-state index contributed by atoms with van der Waals surface area (Å²) >= 11 is 0. The van der Waals surface area contributed by atoms with Crippen LogP contribution in [0.1, 0.15) is 29.2 Å². The predicted octanol–water partition coefficient (Wildman–Crippen LogP) is 2.64. The first-order valence-corrected chi connectivity index (χ1v) is 7.51. The second-order valence-electron chi connectivity index (χ2n) is 5.57. The largest absolute Gasteiger partial charge is 0.465 e. The monoisotopic (exact) mass is 353 g/mol. The van der Waals surface area contributed by atoms with E-state index in [-0.39, 0.29) is 30.9 Å². The molecule has 1 unspecified atom stereocenters. The van der Waals surface area contributed by atoms with Gasteiger partial charge in [0.15, 0.2) is 0 Å². The summed E-state index contributed by atoms with van der Waals surface area (Å²) in [6.45, 7) is -0.225. The van der Waals surface area contributed by atoms with Gasteiger partial charge in [0, 0.05) is 17.7 Å². The van der Waals surface area contributed by atoms with Crippen molar-refractivity contribution >= 4 is 17.6 Å². The molecule has 9 heteroatoms. The molecule has 0 spiro atoms. The van der Waals surface area contributed by atoms with Crippen molar-refractivity contribution in [1.29, 1.82) is 0 Å². The fourth-order valence-corrected chi connectivity index (χ4v) is 2.72. The zero-order chi connectivity index (χ0) is 18.0. The number of para-hydroxylation sites is 1. The number of aromatic nitrogens is 2. The van der Waals surface area contributed by atoms with Gasteiger partial charge in [0.25, 0.3) is 0 Å². The molecule has 0 bridgehead atoms. The van der Waals surface area contributed by atoms with Gasteiger partial charge in [-0.05, 0) is 11.6 Å². The normalized spacial score (nSPS) is 16.4. The van der Waals surface area contributed by atoms with Crippen LogP contribution >= 0.6 is 0 Å². The van der Waals surface area contributed by atoms with Crippen LogP contribution in [0, 0.1) is 0 Å². The Morgan fingerprint density at radius 2 is 2.04 bits per heavy atom. The Bertz CT molecular complexity index is 801. The van der Waals surface area contributed by atoms with Crippen LogP contribution in [0.15, 0.2) is 30.5 Å². The summed E-state index contributed by atoms with van der Waals surface area (Å²) < 4.78 is 43.1. The Labute approximate surface area is 140 Å². The summed E-state index contributed by atoms with van der Waals surface area (Å²) in [4.78, 5) is 23.8. The van der Waals surface area contributed by atoms with Crippen molar-refractivity contribution in [3.8, 4) is 0 Å². The van der Waals surface area contributed by atoms with Gasteiger partial charge in [-0.3, -0.25) is 14.7 Å². The Kier molecular flexibility index (Phi) is 4.47. The predicted molar refractivity (Wildman–Crippen MR) is 80.7 cm³/mol. The summed E-state index contributed by atoms with van der Waals surface area (Å²) in [6, 6.07) is 7.00. The number of fused-ring (bicyclic) bond motifs is 1. The summed E-state index contributed by atoms with van der Waals surface area (Å²) in [5.74, 6) is -1.59. The fourth-order valence-electron chi connectivity index (χ4n) is 2.72. The molecule has 1 aromatic carbocycles. The van der Waals surface area contributed by atoms with Crippen LogP contribution in [-0.4, -0.2) is 28.7 Å². The second-order valence-corrected chi connectivity index (χ2v) is 5.57. The highest BCUT2D eigenvalue weighted by Gasteiger charge is 2.35. The molecule has 1 aromatic heterocycles. The van der Waals surface area contributed by atoms with Crippen LogP contribution in [0.2, 0.25) is 0 Å². The first-order valence-electron chi connectivity index (χ1n) is 7.51. The van der Waals surface area contributed by atoms with Crippen molar-refractivity contribution in [2.75, 3.05) is 11.9 Å². The van der Waals surface area contributed by atoms with Gasteiger partial charge in [0.1, 0.15) is 5.69 Å². The third-order valence-electron chi connectivity index (χ3n) is 3.92. The average Bonchev–Trinajstić information content (AvgIpc) is 3.13. The lowest BCUT2D eigenvalue weighted by atomic mass is 9.97. The van der Waals surface area contributed by atoms with E-state index < -0.39 is 23.8 Å². The van der Waals surface area contributed by atoms with Gasteiger partial charge in [0.2, 0.25) is 5.91 Å². The molecule has 0 fully saturated rings. The molecule has 1 aliphatic heterocycles. The Balaban J connectivity index is 1.54. The highest BCUT2D eigenvalue weighted by Crippen LogP contribution is 2.34. The smallest absolute Gasteiger partial charge is 0.433 e. The number of hydrogen-bond acceptors (Lipinski definition) is 4. The number of halogens is 3. The van der Waals surface area contributed by atoms with Gasteiger partial charge in [-0.2, -0.15) is 18.3 Å². The van der Waals surface area contributed by atoms with Crippen LogP contribution in [0.5, 0.6) is 0 Å². The molecule has 0 aliphatic carbocycles. The van der Waals surface area contributed by atoms with Gasteiger partial charge in [0.05, 0.1) is 25.1 Å². The summed E-state index contributed by atoms with van der Waals surface area (Å²) in [6.07, 6.45) is -3.77. The number of alkyl halides is 3. The zero-order valence-electron chi connectivity index (χ0n) is 12.9. The minimum absolute atomic E-state index is 0.0794. The molecule has 25 heavy (non-hydrogen) atoms. The number of hydrogen-bond donors (Lipinski definition) is 2. The first kappa shape index (κ1) is 17.0. The molecule has 2 N–H and O–H groups in total. The number of ether oxygens (including phenoxy) is 1. The Morgan fingerprint density at radius 3 is 2.80 bits per heavy atom. The quantitative estimate of drug-likeness (QED) is 0.810. The second kappa shape index (κ2) is 6.58. The van der Waals surface area contributed by atoms with E-state index in [1.165, 1.54) is 0 Å². The number of nitrogens with zero attached hydrogens (tertiary/aromatic N) is 1. The maximum Gasteiger partial charge on any atom is 0.433 e. The van der Waals surface area contributed by atoms with Gasteiger partial charge in [-0.1, -0.05) is 18.2 Å².